The van der Waals surface area contributed by atoms with Gasteiger partial charge in [-0.3, -0.25) is 4.79 Å². The van der Waals surface area contributed by atoms with Gasteiger partial charge in [-0.15, -0.1) is 11.8 Å². The van der Waals surface area contributed by atoms with Gasteiger partial charge < -0.3 is 10.1 Å². The Morgan fingerprint density at radius 2 is 1.88 bits per heavy atom. The average molecular weight is 406 g/mol. The van der Waals surface area contributed by atoms with Crippen LogP contribution in [0.2, 0.25) is 0 Å². The van der Waals surface area contributed by atoms with Crippen molar-refractivity contribution in [1.82, 2.24) is 0 Å². The molecule has 0 saturated carbocycles. The van der Waals surface area contributed by atoms with Crippen molar-refractivity contribution >= 4 is 51.3 Å². The molecule has 0 radical (unpaired) electrons. The molecule has 2 aromatic rings. The van der Waals surface area contributed by atoms with Gasteiger partial charge in [0.15, 0.2) is 6.61 Å². The number of hydrogen-bond donors (Lipinski definition) is 1. The number of ether oxygens (including phenoxy) is 1. The van der Waals surface area contributed by atoms with Crippen molar-refractivity contribution in [2.24, 2.45) is 0 Å². The van der Waals surface area contributed by atoms with Crippen molar-refractivity contribution in [3.8, 4) is 0 Å². The summed E-state index contributed by atoms with van der Waals surface area (Å²) >= 11 is 4.92. The fraction of sp³-hybridized carbons (Fsp3) is 0.111. The molecule has 0 bridgehead atoms. The van der Waals surface area contributed by atoms with Crippen molar-refractivity contribution in [1.29, 1.82) is 0 Å². The van der Waals surface area contributed by atoms with Crippen LogP contribution in [0.25, 0.3) is 6.08 Å². The zero-order valence-corrected chi connectivity index (χ0v) is 15.4. The van der Waals surface area contributed by atoms with Gasteiger partial charge in [0.2, 0.25) is 0 Å². The molecule has 0 saturated heterocycles. The van der Waals surface area contributed by atoms with Crippen LogP contribution < -0.4 is 5.32 Å². The highest BCUT2D eigenvalue weighted by Gasteiger charge is 2.08. The smallest absolute Gasteiger partial charge is 0.331 e. The number of carbonyl (C=O) groups excluding carboxylic acids is 2. The van der Waals surface area contributed by atoms with Crippen molar-refractivity contribution < 1.29 is 14.3 Å². The fourth-order valence-corrected chi connectivity index (χ4v) is 2.86. The van der Waals surface area contributed by atoms with Crippen LogP contribution >= 0.6 is 27.7 Å². The third-order valence-electron chi connectivity index (χ3n) is 3.03. The van der Waals surface area contributed by atoms with Crippen LogP contribution in [0.15, 0.2) is 64.0 Å². The Morgan fingerprint density at radius 1 is 1.17 bits per heavy atom. The van der Waals surface area contributed by atoms with E-state index in [9.17, 15) is 9.59 Å². The molecule has 2 rings (SSSR count). The predicted molar refractivity (Wildman–Crippen MR) is 101 cm³/mol. The first kappa shape index (κ1) is 18.3. The van der Waals surface area contributed by atoms with Gasteiger partial charge in [0.25, 0.3) is 5.91 Å². The van der Waals surface area contributed by atoms with Crippen LogP contribution in [-0.4, -0.2) is 24.7 Å². The van der Waals surface area contributed by atoms with Crippen LogP contribution in [0.1, 0.15) is 5.56 Å². The minimum atomic E-state index is -0.570. The molecular formula is C18H16BrNO3S. The number of rotatable bonds is 6. The number of anilines is 1. The van der Waals surface area contributed by atoms with E-state index in [2.05, 4.69) is 21.2 Å². The molecular weight excluding hydrogens is 390 g/mol. The summed E-state index contributed by atoms with van der Waals surface area (Å²) in [6, 6.07) is 14.9. The third kappa shape index (κ3) is 5.54. The number of halogens is 1. The van der Waals surface area contributed by atoms with E-state index in [4.69, 9.17) is 4.74 Å². The Labute approximate surface area is 153 Å². The molecule has 0 spiro atoms. The maximum atomic E-state index is 11.9. The molecule has 0 aromatic heterocycles. The molecule has 0 aliphatic carbocycles. The number of esters is 1. The van der Waals surface area contributed by atoms with Gasteiger partial charge in [0, 0.05) is 15.4 Å². The lowest BCUT2D eigenvalue weighted by atomic mass is 10.2. The number of carbonyl (C=O) groups is 2. The van der Waals surface area contributed by atoms with Gasteiger partial charge >= 0.3 is 5.97 Å². The molecule has 0 unspecified atom stereocenters. The van der Waals surface area contributed by atoms with Gasteiger partial charge in [-0.1, -0.05) is 46.3 Å². The first-order chi connectivity index (χ1) is 11.6. The second kappa shape index (κ2) is 9.30. The summed E-state index contributed by atoms with van der Waals surface area (Å²) in [6.07, 6.45) is 4.86. The number of hydrogen-bond acceptors (Lipinski definition) is 4. The Balaban J connectivity index is 1.85. The molecule has 0 atom stereocenters. The first-order valence-corrected chi connectivity index (χ1v) is 9.14. The summed E-state index contributed by atoms with van der Waals surface area (Å²) in [5, 5.41) is 2.73. The van der Waals surface area contributed by atoms with Crippen LogP contribution in [0, 0.1) is 0 Å². The molecule has 1 amide bonds. The van der Waals surface area contributed by atoms with E-state index in [1.807, 2.05) is 48.7 Å². The Morgan fingerprint density at radius 3 is 2.62 bits per heavy atom. The molecule has 0 aliphatic heterocycles. The minimum Gasteiger partial charge on any atom is -0.452 e. The zero-order chi connectivity index (χ0) is 17.4. The van der Waals surface area contributed by atoms with Crippen molar-refractivity contribution in [2.75, 3.05) is 18.2 Å². The van der Waals surface area contributed by atoms with Gasteiger partial charge in [-0.25, -0.2) is 4.79 Å². The lowest BCUT2D eigenvalue weighted by molar-refractivity contribution is -0.142. The molecule has 2 aromatic carbocycles. The van der Waals surface area contributed by atoms with E-state index in [0.29, 0.717) is 5.69 Å². The predicted octanol–water partition coefficient (Wildman–Crippen LogP) is 4.37. The molecule has 0 aliphatic rings. The second-order valence-electron chi connectivity index (χ2n) is 4.71. The van der Waals surface area contributed by atoms with E-state index >= 15 is 0 Å². The molecule has 124 valence electrons. The summed E-state index contributed by atoms with van der Waals surface area (Å²) in [5.41, 5.74) is 1.56. The van der Waals surface area contributed by atoms with E-state index in [-0.39, 0.29) is 12.5 Å². The number of amides is 1. The summed E-state index contributed by atoms with van der Waals surface area (Å²) in [5.74, 6) is -0.946. The SMILES string of the molecule is CSc1ccccc1NC(=O)COC(=O)/C=C/c1ccccc1Br. The third-order valence-corrected chi connectivity index (χ3v) is 4.55. The van der Waals surface area contributed by atoms with E-state index in [0.717, 1.165) is 14.9 Å². The molecule has 6 heteroatoms. The highest BCUT2D eigenvalue weighted by molar-refractivity contribution is 9.10. The summed E-state index contributed by atoms with van der Waals surface area (Å²) in [6.45, 7) is -0.332. The summed E-state index contributed by atoms with van der Waals surface area (Å²) < 4.78 is 5.83. The topological polar surface area (TPSA) is 55.4 Å². The zero-order valence-electron chi connectivity index (χ0n) is 13.0. The van der Waals surface area contributed by atoms with Crippen LogP contribution in [0.3, 0.4) is 0 Å². The second-order valence-corrected chi connectivity index (χ2v) is 6.41. The van der Waals surface area contributed by atoms with Crippen LogP contribution in [0.5, 0.6) is 0 Å². The largest absolute Gasteiger partial charge is 0.452 e. The normalized spacial score (nSPS) is 10.6. The van der Waals surface area contributed by atoms with Gasteiger partial charge in [0.05, 0.1) is 5.69 Å². The number of thioether (sulfide) groups is 1. The maximum absolute atomic E-state index is 11.9. The number of para-hydroxylation sites is 1. The Hall–Kier alpha value is -2.05. The van der Waals surface area contributed by atoms with Gasteiger partial charge in [0.1, 0.15) is 0 Å². The maximum Gasteiger partial charge on any atom is 0.331 e. The molecule has 4 nitrogen and oxygen atoms in total. The number of benzene rings is 2. The van der Waals surface area contributed by atoms with Gasteiger partial charge in [-0.2, -0.15) is 0 Å². The average Bonchev–Trinajstić information content (AvgIpc) is 2.59. The summed E-state index contributed by atoms with van der Waals surface area (Å²) in [7, 11) is 0. The first-order valence-electron chi connectivity index (χ1n) is 7.12. The van der Waals surface area contributed by atoms with Crippen LogP contribution in [-0.2, 0) is 14.3 Å². The number of nitrogens with one attached hydrogen (secondary N) is 1. The Kier molecular flexibility index (Phi) is 7.08. The minimum absolute atomic E-state index is 0.332. The highest BCUT2D eigenvalue weighted by atomic mass is 79.9. The summed E-state index contributed by atoms with van der Waals surface area (Å²) in [4.78, 5) is 24.5. The molecule has 0 fully saturated rings. The quantitative estimate of drug-likeness (QED) is 0.440. The van der Waals surface area contributed by atoms with Gasteiger partial charge in [-0.05, 0) is 36.1 Å². The highest BCUT2D eigenvalue weighted by Crippen LogP contribution is 2.24. The van der Waals surface area contributed by atoms with Crippen molar-refractivity contribution in [2.45, 2.75) is 4.90 Å². The lowest BCUT2D eigenvalue weighted by Crippen LogP contribution is -2.20. The Bertz CT molecular complexity index is 761. The standard InChI is InChI=1S/C18H16BrNO3S/c1-24-16-9-5-4-8-15(16)20-17(21)12-23-18(22)11-10-13-6-2-3-7-14(13)19/h2-11H,12H2,1H3,(H,20,21)/b11-10+. The van der Waals surface area contributed by atoms with Crippen LogP contribution in [0.4, 0.5) is 5.69 Å². The molecule has 0 heterocycles. The molecule has 1 N–H and O–H groups in total. The monoisotopic (exact) mass is 405 g/mol. The molecule has 24 heavy (non-hydrogen) atoms. The lowest BCUT2D eigenvalue weighted by Gasteiger charge is -2.09. The van der Waals surface area contributed by atoms with E-state index in [1.165, 1.54) is 17.8 Å². The fourth-order valence-electron chi connectivity index (χ4n) is 1.89. The van der Waals surface area contributed by atoms with Crippen molar-refractivity contribution in [3.05, 3.63) is 64.6 Å². The van der Waals surface area contributed by atoms with E-state index < -0.39 is 5.97 Å². The van der Waals surface area contributed by atoms with E-state index in [1.54, 1.807) is 12.1 Å². The van der Waals surface area contributed by atoms with Crippen molar-refractivity contribution in [3.63, 3.8) is 0 Å².